The van der Waals surface area contributed by atoms with E-state index in [2.05, 4.69) is 26.4 Å². The standard InChI is InChI=1S/C36H28FN7O4/c1-42(2)27-7-4-6-22(18-27)30-31-34(38-21-39-35(31)48-32(30)23-19-40-43(3)20-23)47-28-15-11-25(12-16-28)41-33(45)29-8-5-17-44(36(29)46)26-13-9-24(37)10-14-26/h4-21H,1-3H3,(H,41,45). The largest absolute Gasteiger partial charge is 0.438 e. The number of hydrogen-bond donors (Lipinski definition) is 1. The molecule has 11 nitrogen and oxygen atoms in total. The summed E-state index contributed by atoms with van der Waals surface area (Å²) in [5, 5.41) is 7.67. The van der Waals surface area contributed by atoms with E-state index in [1.54, 1.807) is 41.2 Å². The highest BCUT2D eigenvalue weighted by atomic mass is 19.1. The van der Waals surface area contributed by atoms with Gasteiger partial charge in [0.25, 0.3) is 11.5 Å². The molecule has 4 aromatic heterocycles. The van der Waals surface area contributed by atoms with Gasteiger partial charge in [-0.15, -0.1) is 0 Å². The maximum Gasteiger partial charge on any atom is 0.267 e. The highest BCUT2D eigenvalue weighted by Gasteiger charge is 2.24. The summed E-state index contributed by atoms with van der Waals surface area (Å²) in [7, 11) is 5.78. The summed E-state index contributed by atoms with van der Waals surface area (Å²) in [5.41, 5.74) is 4.05. The first-order chi connectivity index (χ1) is 23.2. The Bertz CT molecular complexity index is 2340. The average Bonchev–Trinajstić information content (AvgIpc) is 3.70. The number of rotatable bonds is 8. The highest BCUT2D eigenvalue weighted by molar-refractivity contribution is 6.04. The number of fused-ring (bicyclic) bond motifs is 1. The van der Waals surface area contributed by atoms with Gasteiger partial charge >= 0.3 is 0 Å². The Hall–Kier alpha value is -6.56. The van der Waals surface area contributed by atoms with E-state index in [0.717, 1.165) is 22.4 Å². The summed E-state index contributed by atoms with van der Waals surface area (Å²) in [6.07, 6.45) is 6.49. The molecule has 0 saturated heterocycles. The first-order valence-electron chi connectivity index (χ1n) is 14.9. The average molecular weight is 642 g/mol. The Labute approximate surface area is 273 Å². The Morgan fingerprint density at radius 3 is 2.48 bits per heavy atom. The number of pyridine rings is 1. The number of carbonyl (C=O) groups is 1. The van der Waals surface area contributed by atoms with Crippen LogP contribution in [0, 0.1) is 5.82 Å². The van der Waals surface area contributed by atoms with Crippen LogP contribution in [0.25, 0.3) is 39.2 Å². The van der Waals surface area contributed by atoms with Crippen molar-refractivity contribution in [2.75, 3.05) is 24.3 Å². The number of ether oxygens (including phenoxy) is 1. The lowest BCUT2D eigenvalue weighted by Crippen LogP contribution is -2.27. The molecule has 7 aromatic rings. The Kier molecular flexibility index (Phi) is 7.73. The lowest BCUT2D eigenvalue weighted by molar-refractivity contribution is 0.102. The summed E-state index contributed by atoms with van der Waals surface area (Å²) >= 11 is 0. The Morgan fingerprint density at radius 2 is 1.75 bits per heavy atom. The molecule has 1 amide bonds. The van der Waals surface area contributed by atoms with Crippen molar-refractivity contribution < 1.29 is 18.3 Å². The third-order valence-corrected chi connectivity index (χ3v) is 7.70. The molecule has 0 aliphatic heterocycles. The molecule has 1 N–H and O–H groups in total. The summed E-state index contributed by atoms with van der Waals surface area (Å²) in [5.74, 6) is 0.298. The van der Waals surface area contributed by atoms with E-state index in [4.69, 9.17) is 9.15 Å². The topological polar surface area (TPSA) is 120 Å². The molecule has 48 heavy (non-hydrogen) atoms. The van der Waals surface area contributed by atoms with E-state index in [1.807, 2.05) is 50.4 Å². The molecule has 12 heteroatoms. The van der Waals surface area contributed by atoms with Crippen molar-refractivity contribution in [2.45, 2.75) is 0 Å². The SMILES string of the molecule is CN(C)c1cccc(-c2c(-c3cnn(C)c3)oc3ncnc(Oc4ccc(NC(=O)c5cccn(-c6ccc(F)cc6)c5=O)cc4)c23)c1. The second kappa shape index (κ2) is 12.3. The number of aryl methyl sites for hydroxylation is 1. The number of aromatic nitrogens is 5. The van der Waals surface area contributed by atoms with Crippen molar-refractivity contribution in [1.29, 1.82) is 0 Å². The van der Waals surface area contributed by atoms with Crippen molar-refractivity contribution in [1.82, 2.24) is 24.3 Å². The maximum atomic E-state index is 13.4. The molecule has 7 rings (SSSR count). The van der Waals surface area contributed by atoms with Crippen LogP contribution in [0.15, 0.2) is 119 Å². The lowest BCUT2D eigenvalue weighted by atomic mass is 10.00. The second-order valence-electron chi connectivity index (χ2n) is 11.2. The predicted molar refractivity (Wildman–Crippen MR) is 180 cm³/mol. The van der Waals surface area contributed by atoms with E-state index in [9.17, 15) is 14.0 Å². The second-order valence-corrected chi connectivity index (χ2v) is 11.2. The number of nitrogens with zero attached hydrogens (tertiary/aromatic N) is 6. The molecular formula is C36H28FN7O4. The van der Waals surface area contributed by atoms with Gasteiger partial charge in [0.2, 0.25) is 11.6 Å². The van der Waals surface area contributed by atoms with Crippen LogP contribution in [0.1, 0.15) is 10.4 Å². The molecule has 0 aliphatic rings. The van der Waals surface area contributed by atoms with Gasteiger partial charge in [-0.25, -0.2) is 14.4 Å². The summed E-state index contributed by atoms with van der Waals surface area (Å²) in [6.45, 7) is 0. The zero-order valence-corrected chi connectivity index (χ0v) is 26.1. The molecule has 0 spiro atoms. The fourth-order valence-electron chi connectivity index (χ4n) is 5.33. The van der Waals surface area contributed by atoms with Crippen molar-refractivity contribution in [3.05, 3.63) is 132 Å². The number of furan rings is 1. The number of anilines is 2. The van der Waals surface area contributed by atoms with E-state index >= 15 is 0 Å². The van der Waals surface area contributed by atoms with Crippen LogP contribution in [0.3, 0.4) is 0 Å². The molecule has 4 heterocycles. The highest BCUT2D eigenvalue weighted by Crippen LogP contribution is 2.44. The van der Waals surface area contributed by atoms with E-state index < -0.39 is 17.3 Å². The molecular weight excluding hydrogens is 613 g/mol. The lowest BCUT2D eigenvalue weighted by Gasteiger charge is -2.14. The minimum atomic E-state index is -0.589. The van der Waals surface area contributed by atoms with Gasteiger partial charge in [-0.2, -0.15) is 5.10 Å². The van der Waals surface area contributed by atoms with Crippen LogP contribution in [0.5, 0.6) is 11.6 Å². The fraction of sp³-hybridized carbons (Fsp3) is 0.0833. The predicted octanol–water partition coefficient (Wildman–Crippen LogP) is 6.69. The molecule has 0 saturated carbocycles. The van der Waals surface area contributed by atoms with Crippen molar-refractivity contribution in [2.24, 2.45) is 7.05 Å². The van der Waals surface area contributed by atoms with Crippen LogP contribution < -0.4 is 20.5 Å². The normalized spacial score (nSPS) is 11.1. The quantitative estimate of drug-likeness (QED) is 0.195. The number of halogens is 1. The van der Waals surface area contributed by atoms with Crippen molar-refractivity contribution >= 4 is 28.4 Å². The van der Waals surface area contributed by atoms with Crippen molar-refractivity contribution in [3.63, 3.8) is 0 Å². The van der Waals surface area contributed by atoms with Gasteiger partial charge in [-0.3, -0.25) is 18.8 Å². The Balaban J connectivity index is 1.19. The number of carbonyl (C=O) groups excluding carboxylic acids is 1. The smallest absolute Gasteiger partial charge is 0.267 e. The third kappa shape index (κ3) is 5.78. The van der Waals surface area contributed by atoms with E-state index in [0.29, 0.717) is 34.0 Å². The van der Waals surface area contributed by atoms with Crippen LogP contribution in [0.4, 0.5) is 15.8 Å². The Morgan fingerprint density at radius 1 is 0.958 bits per heavy atom. The molecule has 238 valence electrons. The zero-order valence-electron chi connectivity index (χ0n) is 26.1. The summed E-state index contributed by atoms with van der Waals surface area (Å²) < 4.78 is 29.0. The van der Waals surface area contributed by atoms with Gasteiger partial charge in [0.1, 0.15) is 34.6 Å². The fourth-order valence-corrected chi connectivity index (χ4v) is 5.33. The third-order valence-electron chi connectivity index (χ3n) is 7.70. The maximum absolute atomic E-state index is 13.4. The summed E-state index contributed by atoms with van der Waals surface area (Å²) in [4.78, 5) is 37.1. The van der Waals surface area contributed by atoms with Gasteiger partial charge in [0, 0.05) is 56.2 Å². The van der Waals surface area contributed by atoms with Crippen LogP contribution in [-0.2, 0) is 7.05 Å². The molecule has 0 atom stereocenters. The van der Waals surface area contributed by atoms with Gasteiger partial charge in [-0.1, -0.05) is 12.1 Å². The molecule has 0 radical (unpaired) electrons. The van der Waals surface area contributed by atoms with E-state index in [1.165, 1.54) is 47.4 Å². The van der Waals surface area contributed by atoms with Crippen molar-refractivity contribution in [3.8, 4) is 39.8 Å². The zero-order chi connectivity index (χ0) is 33.4. The minimum absolute atomic E-state index is 0.0687. The molecule has 0 unspecified atom stereocenters. The van der Waals surface area contributed by atoms with Crippen LogP contribution in [-0.4, -0.2) is 44.3 Å². The number of nitrogens with one attached hydrogen (secondary N) is 1. The monoisotopic (exact) mass is 641 g/mol. The minimum Gasteiger partial charge on any atom is -0.438 e. The molecule has 0 fully saturated rings. The van der Waals surface area contributed by atoms with Gasteiger partial charge < -0.3 is 19.4 Å². The first-order valence-corrected chi connectivity index (χ1v) is 14.9. The van der Waals surface area contributed by atoms with Gasteiger partial charge in [-0.05, 0) is 78.4 Å². The number of amides is 1. The number of hydrogen-bond acceptors (Lipinski definition) is 8. The number of benzene rings is 3. The molecule has 0 bridgehead atoms. The molecule has 0 aliphatic carbocycles. The van der Waals surface area contributed by atoms with Crippen LogP contribution >= 0.6 is 0 Å². The first kappa shape index (κ1) is 30.1. The molecule has 3 aromatic carbocycles. The summed E-state index contributed by atoms with van der Waals surface area (Å²) in [6, 6.07) is 23.2. The van der Waals surface area contributed by atoms with Gasteiger partial charge in [0.05, 0.1) is 11.8 Å². The van der Waals surface area contributed by atoms with Gasteiger partial charge in [0.15, 0.2) is 0 Å². The van der Waals surface area contributed by atoms with E-state index in [-0.39, 0.29) is 11.4 Å². The van der Waals surface area contributed by atoms with Crippen LogP contribution in [0.2, 0.25) is 0 Å².